The minimum absolute atomic E-state index is 0.0274. The number of hydrogen-bond acceptors (Lipinski definition) is 5. The van der Waals surface area contributed by atoms with Gasteiger partial charge in [0.2, 0.25) is 0 Å². The van der Waals surface area contributed by atoms with Gasteiger partial charge in [-0.1, -0.05) is 0 Å². The number of aromatic nitrogens is 1. The van der Waals surface area contributed by atoms with Crippen LogP contribution in [-0.2, 0) is 5.41 Å². The number of anilines is 2. The fourth-order valence-electron chi connectivity index (χ4n) is 5.54. The molecule has 2 saturated heterocycles. The molecule has 6 nitrogen and oxygen atoms in total. The lowest BCUT2D eigenvalue weighted by molar-refractivity contribution is 0.148. The molecule has 0 aliphatic carbocycles. The number of carbonyl (C=O) groups excluding carboxylic acids is 1. The molecule has 1 aromatic heterocycles. The molecule has 2 fully saturated rings. The van der Waals surface area contributed by atoms with Crippen LogP contribution in [0.15, 0.2) is 29.8 Å². The zero-order valence-electron chi connectivity index (χ0n) is 18.3. The molecule has 4 heterocycles. The number of rotatable bonds is 3. The highest BCUT2D eigenvalue weighted by atomic mass is 32.1. The molecule has 3 aliphatic heterocycles. The van der Waals surface area contributed by atoms with Crippen molar-refractivity contribution in [2.45, 2.75) is 24.7 Å². The molecule has 1 atom stereocenters. The van der Waals surface area contributed by atoms with Gasteiger partial charge in [0.05, 0.1) is 0 Å². The summed E-state index contributed by atoms with van der Waals surface area (Å²) in [6.07, 6.45) is 5.01. The summed E-state index contributed by atoms with van der Waals surface area (Å²) in [5.41, 5.74) is 1.75. The highest BCUT2D eigenvalue weighted by Crippen LogP contribution is 2.47. The van der Waals surface area contributed by atoms with Gasteiger partial charge in [-0.25, -0.2) is 14.2 Å². The third-order valence-electron chi connectivity index (χ3n) is 7.20. The number of amides is 2. The summed E-state index contributed by atoms with van der Waals surface area (Å²) in [7, 11) is 3.55. The third-order valence-corrected chi connectivity index (χ3v) is 8.03. The number of halogens is 1. The van der Waals surface area contributed by atoms with Crippen molar-refractivity contribution in [1.29, 1.82) is 0 Å². The Morgan fingerprint density at radius 3 is 2.81 bits per heavy atom. The van der Waals surface area contributed by atoms with Gasteiger partial charge in [0, 0.05) is 63.0 Å². The molecule has 2 aromatic rings. The maximum Gasteiger partial charge on any atom is 0.323 e. The molecular formula is C23H30FN5OS. The zero-order chi connectivity index (χ0) is 21.6. The largest absolute Gasteiger partial charge is 0.348 e. The number of nitrogens with zero attached hydrogens (tertiary/aromatic N) is 5. The van der Waals surface area contributed by atoms with Crippen LogP contribution in [0.25, 0.3) is 0 Å². The van der Waals surface area contributed by atoms with Crippen LogP contribution in [-0.4, -0.2) is 74.2 Å². The molecule has 3 aliphatic rings. The van der Waals surface area contributed by atoms with Crippen LogP contribution in [0.5, 0.6) is 0 Å². The number of piperidine rings is 1. The minimum atomic E-state index is -0.215. The van der Waals surface area contributed by atoms with E-state index in [2.05, 4.69) is 14.8 Å². The monoisotopic (exact) mass is 443 g/mol. The van der Waals surface area contributed by atoms with Gasteiger partial charge in [0.15, 0.2) is 5.13 Å². The summed E-state index contributed by atoms with van der Waals surface area (Å²) >= 11 is 1.71. The first-order chi connectivity index (χ1) is 14.9. The SMILES string of the molecule is CN(C)C(=O)N1CC2(CCN(C[C@@H]3CCN(c4nccs4)C3)CC2)c2cc(F)ccc21. The maximum atomic E-state index is 14.2. The van der Waals surface area contributed by atoms with Gasteiger partial charge in [0.25, 0.3) is 0 Å². The molecule has 166 valence electrons. The molecular weight excluding hydrogens is 413 g/mol. The smallest absolute Gasteiger partial charge is 0.323 e. The summed E-state index contributed by atoms with van der Waals surface area (Å²) < 4.78 is 14.2. The van der Waals surface area contributed by atoms with Crippen molar-refractivity contribution in [1.82, 2.24) is 14.8 Å². The molecule has 8 heteroatoms. The van der Waals surface area contributed by atoms with E-state index < -0.39 is 0 Å². The fourth-order valence-corrected chi connectivity index (χ4v) is 6.22. The Morgan fingerprint density at radius 2 is 2.10 bits per heavy atom. The number of thiazole rings is 1. The van der Waals surface area contributed by atoms with E-state index in [-0.39, 0.29) is 17.3 Å². The van der Waals surface area contributed by atoms with Gasteiger partial charge < -0.3 is 14.7 Å². The number of benzene rings is 1. The molecule has 0 N–H and O–H groups in total. The van der Waals surface area contributed by atoms with E-state index >= 15 is 0 Å². The molecule has 2 amide bonds. The van der Waals surface area contributed by atoms with Crippen molar-refractivity contribution < 1.29 is 9.18 Å². The first-order valence-corrected chi connectivity index (χ1v) is 12.0. The lowest BCUT2D eigenvalue weighted by atomic mass is 9.74. The van der Waals surface area contributed by atoms with E-state index in [1.807, 2.05) is 16.5 Å². The number of carbonyl (C=O) groups is 1. The van der Waals surface area contributed by atoms with Crippen LogP contribution in [0.1, 0.15) is 24.8 Å². The Balaban J connectivity index is 1.25. The van der Waals surface area contributed by atoms with Crippen molar-refractivity contribution in [3.63, 3.8) is 0 Å². The highest BCUT2D eigenvalue weighted by molar-refractivity contribution is 7.13. The van der Waals surface area contributed by atoms with Crippen LogP contribution in [0.2, 0.25) is 0 Å². The molecule has 0 unspecified atom stereocenters. The fraction of sp³-hybridized carbons (Fsp3) is 0.565. The van der Waals surface area contributed by atoms with Crippen LogP contribution in [0, 0.1) is 11.7 Å². The number of urea groups is 1. The first kappa shape index (κ1) is 20.7. The molecule has 31 heavy (non-hydrogen) atoms. The normalized spacial score (nSPS) is 22.9. The van der Waals surface area contributed by atoms with E-state index in [9.17, 15) is 9.18 Å². The van der Waals surface area contributed by atoms with E-state index in [1.165, 1.54) is 12.5 Å². The number of hydrogen-bond donors (Lipinski definition) is 0. The van der Waals surface area contributed by atoms with E-state index in [4.69, 9.17) is 0 Å². The van der Waals surface area contributed by atoms with Gasteiger partial charge in [-0.2, -0.15) is 0 Å². The lowest BCUT2D eigenvalue weighted by Crippen LogP contribution is -2.48. The topological polar surface area (TPSA) is 42.9 Å². The summed E-state index contributed by atoms with van der Waals surface area (Å²) in [4.78, 5) is 25.7. The second kappa shape index (κ2) is 8.06. The average Bonchev–Trinajstić information content (AvgIpc) is 3.49. The second-order valence-electron chi connectivity index (χ2n) is 9.42. The Morgan fingerprint density at radius 1 is 1.29 bits per heavy atom. The van der Waals surface area contributed by atoms with E-state index in [1.54, 1.807) is 42.5 Å². The number of likely N-dealkylation sites (tertiary alicyclic amines) is 1. The Labute approximate surface area is 187 Å². The summed E-state index contributed by atoms with van der Waals surface area (Å²) in [5, 5.41) is 3.18. The maximum absolute atomic E-state index is 14.2. The molecule has 5 rings (SSSR count). The Bertz CT molecular complexity index is 941. The lowest BCUT2D eigenvalue weighted by Gasteiger charge is -2.40. The molecule has 0 radical (unpaired) electrons. The summed E-state index contributed by atoms with van der Waals surface area (Å²) in [6, 6.07) is 4.88. The van der Waals surface area contributed by atoms with Crippen LogP contribution in [0.4, 0.5) is 20.0 Å². The van der Waals surface area contributed by atoms with Gasteiger partial charge in [0.1, 0.15) is 5.82 Å². The quantitative estimate of drug-likeness (QED) is 0.727. The summed E-state index contributed by atoms with van der Waals surface area (Å²) in [5.74, 6) is 0.450. The van der Waals surface area contributed by atoms with Crippen molar-refractivity contribution in [2.75, 3.05) is 63.2 Å². The first-order valence-electron chi connectivity index (χ1n) is 11.1. The van der Waals surface area contributed by atoms with E-state index in [0.717, 1.165) is 61.9 Å². The van der Waals surface area contributed by atoms with Gasteiger partial charge in [-0.3, -0.25) is 4.90 Å². The highest BCUT2D eigenvalue weighted by Gasteiger charge is 2.47. The molecule has 1 spiro atoms. The molecule has 0 saturated carbocycles. The van der Waals surface area contributed by atoms with Crippen molar-refractivity contribution in [3.8, 4) is 0 Å². The van der Waals surface area contributed by atoms with Gasteiger partial charge in [-0.05, 0) is 62.0 Å². The van der Waals surface area contributed by atoms with Crippen LogP contribution < -0.4 is 9.80 Å². The predicted octanol–water partition coefficient (Wildman–Crippen LogP) is 3.64. The standard InChI is InChI=1S/C23H30FN5OS/c1-26(2)22(30)29-16-23(19-13-18(24)3-4-20(19)29)6-10-27(11-7-23)14-17-5-9-28(15-17)21-25-8-12-31-21/h3-4,8,12-13,17H,5-7,9-11,14-16H2,1-2H3/t17-/m0/s1. The third kappa shape index (κ3) is 3.80. The van der Waals surface area contributed by atoms with Crippen LogP contribution in [0.3, 0.4) is 0 Å². The molecule has 0 bridgehead atoms. The van der Waals surface area contributed by atoms with Crippen molar-refractivity contribution in [2.24, 2.45) is 5.92 Å². The Kier molecular flexibility index (Phi) is 5.38. The summed E-state index contributed by atoms with van der Waals surface area (Å²) in [6.45, 7) is 5.91. The number of fused-ring (bicyclic) bond motifs is 2. The van der Waals surface area contributed by atoms with Gasteiger partial charge >= 0.3 is 6.03 Å². The second-order valence-corrected chi connectivity index (χ2v) is 10.3. The van der Waals surface area contributed by atoms with Crippen LogP contribution >= 0.6 is 11.3 Å². The van der Waals surface area contributed by atoms with Gasteiger partial charge in [-0.15, -0.1) is 11.3 Å². The average molecular weight is 444 g/mol. The predicted molar refractivity (Wildman–Crippen MR) is 123 cm³/mol. The zero-order valence-corrected chi connectivity index (χ0v) is 19.1. The minimum Gasteiger partial charge on any atom is -0.348 e. The molecule has 1 aromatic carbocycles. The van der Waals surface area contributed by atoms with Crippen molar-refractivity contribution in [3.05, 3.63) is 41.2 Å². The van der Waals surface area contributed by atoms with Crippen molar-refractivity contribution >= 4 is 28.2 Å². The Hall–Kier alpha value is -2.19. The van der Waals surface area contributed by atoms with E-state index in [0.29, 0.717) is 12.5 Å².